The maximum absolute atomic E-state index is 12.2. The lowest BCUT2D eigenvalue weighted by Crippen LogP contribution is -2.14. The summed E-state index contributed by atoms with van der Waals surface area (Å²) in [6.45, 7) is 5.37. The van der Waals surface area contributed by atoms with Crippen LogP contribution in [0.2, 0.25) is 0 Å². The van der Waals surface area contributed by atoms with Gasteiger partial charge < -0.3 is 14.8 Å². The molecule has 0 aliphatic rings. The number of aryl methyl sites for hydroxylation is 2. The van der Waals surface area contributed by atoms with Crippen LogP contribution in [0.25, 0.3) is 0 Å². The summed E-state index contributed by atoms with van der Waals surface area (Å²) >= 11 is 0. The number of carbonyl (C=O) groups is 2. The lowest BCUT2D eigenvalue weighted by molar-refractivity contribution is -0.136. The SMILES string of the molecule is Cc1oc(C)c(C(=O)Nc2ccc(CC(=O)O)nc2)c1C. The predicted octanol–water partition coefficient (Wildman–Crippen LogP) is 2.48. The van der Waals surface area contributed by atoms with E-state index in [4.69, 9.17) is 9.52 Å². The molecule has 2 N–H and O–H groups in total. The van der Waals surface area contributed by atoms with Gasteiger partial charge in [0.05, 0.1) is 29.6 Å². The third kappa shape index (κ3) is 3.28. The second-order valence-corrected chi connectivity index (χ2v) is 4.78. The lowest BCUT2D eigenvalue weighted by atomic mass is 10.1. The minimum absolute atomic E-state index is 0.145. The van der Waals surface area contributed by atoms with E-state index in [-0.39, 0.29) is 12.3 Å². The number of aliphatic carboxylic acids is 1. The average molecular weight is 288 g/mol. The zero-order valence-corrected chi connectivity index (χ0v) is 12.1. The number of aromatic nitrogens is 1. The molecule has 6 heteroatoms. The quantitative estimate of drug-likeness (QED) is 0.901. The van der Waals surface area contributed by atoms with Gasteiger partial charge in [-0.25, -0.2) is 0 Å². The smallest absolute Gasteiger partial charge is 0.309 e. The van der Waals surface area contributed by atoms with E-state index in [1.165, 1.54) is 6.20 Å². The first-order valence-electron chi connectivity index (χ1n) is 6.43. The first kappa shape index (κ1) is 14.8. The number of carboxylic acids is 1. The van der Waals surface area contributed by atoms with Crippen LogP contribution in [0.1, 0.15) is 33.1 Å². The molecule has 2 aromatic rings. The number of anilines is 1. The molecule has 0 spiro atoms. The summed E-state index contributed by atoms with van der Waals surface area (Å²) < 4.78 is 5.43. The summed E-state index contributed by atoms with van der Waals surface area (Å²) in [5.74, 6) is 0.0691. The number of amides is 1. The number of hydrogen-bond donors (Lipinski definition) is 2. The van der Waals surface area contributed by atoms with Gasteiger partial charge in [0.15, 0.2) is 0 Å². The van der Waals surface area contributed by atoms with Crippen molar-refractivity contribution in [3.63, 3.8) is 0 Å². The van der Waals surface area contributed by atoms with Gasteiger partial charge in [-0.15, -0.1) is 0 Å². The molecular formula is C15H16N2O4. The van der Waals surface area contributed by atoms with E-state index in [0.29, 0.717) is 28.5 Å². The predicted molar refractivity (Wildman–Crippen MR) is 76.4 cm³/mol. The number of hydrogen-bond acceptors (Lipinski definition) is 4. The Kier molecular flexibility index (Phi) is 4.07. The van der Waals surface area contributed by atoms with Gasteiger partial charge in [0, 0.05) is 5.56 Å². The molecule has 2 rings (SSSR count). The molecule has 0 fully saturated rings. The van der Waals surface area contributed by atoms with Crippen LogP contribution in [0, 0.1) is 20.8 Å². The number of carbonyl (C=O) groups excluding carboxylic acids is 1. The van der Waals surface area contributed by atoms with Gasteiger partial charge in [0.1, 0.15) is 11.5 Å². The fourth-order valence-electron chi connectivity index (χ4n) is 2.08. The third-order valence-corrected chi connectivity index (χ3v) is 3.20. The molecule has 0 atom stereocenters. The molecular weight excluding hydrogens is 272 g/mol. The summed E-state index contributed by atoms with van der Waals surface area (Å²) in [6, 6.07) is 3.20. The fraction of sp³-hybridized carbons (Fsp3) is 0.267. The summed E-state index contributed by atoms with van der Waals surface area (Å²) in [5.41, 5.74) is 2.27. The number of nitrogens with one attached hydrogen (secondary N) is 1. The molecule has 0 aliphatic carbocycles. The Morgan fingerprint density at radius 2 is 1.95 bits per heavy atom. The van der Waals surface area contributed by atoms with Crippen molar-refractivity contribution in [3.05, 3.63) is 46.7 Å². The molecule has 0 aromatic carbocycles. The highest BCUT2D eigenvalue weighted by molar-refractivity contribution is 6.06. The number of furan rings is 1. The van der Waals surface area contributed by atoms with Gasteiger partial charge in [-0.05, 0) is 32.9 Å². The molecule has 6 nitrogen and oxygen atoms in total. The first-order valence-corrected chi connectivity index (χ1v) is 6.43. The topological polar surface area (TPSA) is 92.4 Å². The largest absolute Gasteiger partial charge is 0.481 e. The highest BCUT2D eigenvalue weighted by Gasteiger charge is 2.18. The van der Waals surface area contributed by atoms with Crippen molar-refractivity contribution in [3.8, 4) is 0 Å². The summed E-state index contributed by atoms with van der Waals surface area (Å²) in [7, 11) is 0. The van der Waals surface area contributed by atoms with E-state index < -0.39 is 5.97 Å². The number of nitrogens with zero attached hydrogens (tertiary/aromatic N) is 1. The van der Waals surface area contributed by atoms with Gasteiger partial charge in [0.2, 0.25) is 0 Å². The molecule has 2 aromatic heterocycles. The number of carboxylic acid groups (broad SMARTS) is 1. The fourth-order valence-corrected chi connectivity index (χ4v) is 2.08. The Labute approximate surface area is 121 Å². The molecule has 0 bridgehead atoms. The van der Waals surface area contributed by atoms with E-state index in [2.05, 4.69) is 10.3 Å². The van der Waals surface area contributed by atoms with Gasteiger partial charge in [-0.3, -0.25) is 14.6 Å². The molecule has 2 heterocycles. The summed E-state index contributed by atoms with van der Waals surface area (Å²) in [4.78, 5) is 26.8. The second-order valence-electron chi connectivity index (χ2n) is 4.78. The molecule has 0 aliphatic heterocycles. The van der Waals surface area contributed by atoms with Crippen LogP contribution in [-0.2, 0) is 11.2 Å². The van der Waals surface area contributed by atoms with Gasteiger partial charge in [-0.1, -0.05) is 0 Å². The van der Waals surface area contributed by atoms with Crippen molar-refractivity contribution in [2.45, 2.75) is 27.2 Å². The monoisotopic (exact) mass is 288 g/mol. The normalized spacial score (nSPS) is 10.4. The van der Waals surface area contributed by atoms with Gasteiger partial charge >= 0.3 is 5.97 Å². The van der Waals surface area contributed by atoms with E-state index in [1.54, 1.807) is 26.0 Å². The van der Waals surface area contributed by atoms with Crippen molar-refractivity contribution in [1.29, 1.82) is 0 Å². The standard InChI is InChI=1S/C15H16N2O4/c1-8-9(2)21-10(3)14(8)15(20)17-12-5-4-11(16-7-12)6-13(18)19/h4-5,7H,6H2,1-3H3,(H,17,20)(H,18,19). The van der Waals surface area contributed by atoms with Crippen LogP contribution in [0.5, 0.6) is 0 Å². The van der Waals surface area contributed by atoms with Gasteiger partial charge in [0.25, 0.3) is 5.91 Å². The van der Waals surface area contributed by atoms with Crippen molar-refractivity contribution in [2.24, 2.45) is 0 Å². The molecule has 110 valence electrons. The Balaban J connectivity index is 2.14. The Bertz CT molecular complexity index is 686. The van der Waals surface area contributed by atoms with Crippen molar-refractivity contribution in [2.75, 3.05) is 5.32 Å². The highest BCUT2D eigenvalue weighted by Crippen LogP contribution is 2.21. The number of rotatable bonds is 4. The highest BCUT2D eigenvalue weighted by atomic mass is 16.4. The van der Waals surface area contributed by atoms with E-state index in [0.717, 1.165) is 5.56 Å². The van der Waals surface area contributed by atoms with Crippen molar-refractivity contribution >= 4 is 17.6 Å². The second kappa shape index (κ2) is 5.78. The first-order chi connectivity index (χ1) is 9.88. The summed E-state index contributed by atoms with van der Waals surface area (Å²) in [5, 5.41) is 11.4. The van der Waals surface area contributed by atoms with Crippen LogP contribution in [0.4, 0.5) is 5.69 Å². The van der Waals surface area contributed by atoms with E-state index in [1.807, 2.05) is 6.92 Å². The van der Waals surface area contributed by atoms with E-state index >= 15 is 0 Å². The van der Waals surface area contributed by atoms with Gasteiger partial charge in [-0.2, -0.15) is 0 Å². The zero-order chi connectivity index (χ0) is 15.6. The molecule has 0 unspecified atom stereocenters. The Morgan fingerprint density at radius 3 is 2.43 bits per heavy atom. The Hall–Kier alpha value is -2.63. The van der Waals surface area contributed by atoms with Crippen LogP contribution >= 0.6 is 0 Å². The maximum atomic E-state index is 12.2. The summed E-state index contributed by atoms with van der Waals surface area (Å²) in [6.07, 6.45) is 1.29. The van der Waals surface area contributed by atoms with Crippen LogP contribution in [0.15, 0.2) is 22.7 Å². The molecule has 1 amide bonds. The maximum Gasteiger partial charge on any atom is 0.309 e. The van der Waals surface area contributed by atoms with Crippen LogP contribution in [0.3, 0.4) is 0 Å². The molecule has 0 saturated heterocycles. The molecule has 0 saturated carbocycles. The van der Waals surface area contributed by atoms with E-state index in [9.17, 15) is 9.59 Å². The lowest BCUT2D eigenvalue weighted by Gasteiger charge is -2.05. The average Bonchev–Trinajstić information content (AvgIpc) is 2.65. The van der Waals surface area contributed by atoms with Crippen LogP contribution < -0.4 is 5.32 Å². The molecule has 21 heavy (non-hydrogen) atoms. The Morgan fingerprint density at radius 1 is 1.24 bits per heavy atom. The zero-order valence-electron chi connectivity index (χ0n) is 12.1. The minimum atomic E-state index is -0.945. The van der Waals surface area contributed by atoms with Crippen LogP contribution in [-0.4, -0.2) is 22.0 Å². The van der Waals surface area contributed by atoms with Crippen molar-refractivity contribution < 1.29 is 19.1 Å². The minimum Gasteiger partial charge on any atom is -0.481 e. The van der Waals surface area contributed by atoms with Crippen molar-refractivity contribution in [1.82, 2.24) is 4.98 Å². The third-order valence-electron chi connectivity index (χ3n) is 3.20. The molecule has 0 radical (unpaired) electrons. The number of pyridine rings is 1.